The molecule has 0 unspecified atom stereocenters. The summed E-state index contributed by atoms with van der Waals surface area (Å²) < 4.78 is 10.5. The van der Waals surface area contributed by atoms with Crippen LogP contribution in [0.3, 0.4) is 0 Å². The van der Waals surface area contributed by atoms with Crippen molar-refractivity contribution in [1.82, 2.24) is 10.6 Å². The van der Waals surface area contributed by atoms with E-state index < -0.39 is 0 Å². The second-order valence-corrected chi connectivity index (χ2v) is 5.29. The Balaban J connectivity index is 1.62. The first-order chi connectivity index (χ1) is 10.3. The molecule has 116 valence electrons. The Hall–Kier alpha value is -1.75. The zero-order valence-corrected chi connectivity index (χ0v) is 12.6. The van der Waals surface area contributed by atoms with Gasteiger partial charge in [-0.2, -0.15) is 0 Å². The van der Waals surface area contributed by atoms with Crippen molar-refractivity contribution in [2.24, 2.45) is 5.92 Å². The van der Waals surface area contributed by atoms with Crippen LogP contribution in [0.15, 0.2) is 24.3 Å². The van der Waals surface area contributed by atoms with Crippen LogP contribution >= 0.6 is 0 Å². The highest BCUT2D eigenvalue weighted by atomic mass is 16.5. The molecule has 0 aromatic heterocycles. The number of methoxy groups -OCH3 is 1. The maximum Gasteiger partial charge on any atom is 0.314 e. The lowest BCUT2D eigenvalue weighted by molar-refractivity contribution is 0.0669. The lowest BCUT2D eigenvalue weighted by Gasteiger charge is -2.22. The molecule has 0 spiro atoms. The fourth-order valence-electron chi connectivity index (χ4n) is 2.40. The van der Waals surface area contributed by atoms with Crippen molar-refractivity contribution in [2.75, 3.05) is 33.4 Å². The number of nitrogens with one attached hydrogen (secondary N) is 2. The summed E-state index contributed by atoms with van der Waals surface area (Å²) in [5.41, 5.74) is 1.15. The summed E-state index contributed by atoms with van der Waals surface area (Å²) in [4.78, 5) is 11.7. The van der Waals surface area contributed by atoms with E-state index in [9.17, 15) is 4.79 Å². The van der Waals surface area contributed by atoms with Crippen molar-refractivity contribution in [2.45, 2.75) is 19.3 Å². The first-order valence-electron chi connectivity index (χ1n) is 7.50. The van der Waals surface area contributed by atoms with Gasteiger partial charge in [0.05, 0.1) is 7.11 Å². The molecule has 21 heavy (non-hydrogen) atoms. The van der Waals surface area contributed by atoms with Crippen LogP contribution in [0.4, 0.5) is 4.79 Å². The molecular formula is C16H24N2O3. The van der Waals surface area contributed by atoms with Crippen LogP contribution < -0.4 is 15.4 Å². The zero-order chi connectivity index (χ0) is 14.9. The van der Waals surface area contributed by atoms with Gasteiger partial charge < -0.3 is 20.1 Å². The van der Waals surface area contributed by atoms with E-state index in [1.165, 1.54) is 0 Å². The van der Waals surface area contributed by atoms with E-state index in [-0.39, 0.29) is 6.03 Å². The summed E-state index contributed by atoms with van der Waals surface area (Å²) in [7, 11) is 1.65. The zero-order valence-electron chi connectivity index (χ0n) is 12.6. The number of carbonyl (C=O) groups excluding carboxylic acids is 1. The monoisotopic (exact) mass is 292 g/mol. The van der Waals surface area contributed by atoms with Crippen molar-refractivity contribution in [3.05, 3.63) is 29.8 Å². The van der Waals surface area contributed by atoms with E-state index in [2.05, 4.69) is 10.6 Å². The molecule has 1 aromatic carbocycles. The second kappa shape index (κ2) is 8.52. The molecule has 1 heterocycles. The van der Waals surface area contributed by atoms with Gasteiger partial charge in [0.2, 0.25) is 0 Å². The van der Waals surface area contributed by atoms with Gasteiger partial charge in [0.15, 0.2) is 0 Å². The lowest BCUT2D eigenvalue weighted by Crippen LogP contribution is -2.40. The van der Waals surface area contributed by atoms with Crippen LogP contribution in [-0.2, 0) is 11.2 Å². The molecule has 0 saturated carbocycles. The molecule has 2 N–H and O–H groups in total. The molecule has 0 bridgehead atoms. The van der Waals surface area contributed by atoms with Crippen molar-refractivity contribution in [3.8, 4) is 5.75 Å². The summed E-state index contributed by atoms with van der Waals surface area (Å²) in [6.45, 7) is 2.97. The summed E-state index contributed by atoms with van der Waals surface area (Å²) in [6.07, 6.45) is 2.86. The summed E-state index contributed by atoms with van der Waals surface area (Å²) in [5.74, 6) is 1.39. The predicted octanol–water partition coefficient (Wildman–Crippen LogP) is 1.96. The Morgan fingerprint density at radius 1 is 1.33 bits per heavy atom. The molecule has 1 aliphatic heterocycles. The van der Waals surface area contributed by atoms with E-state index in [1.807, 2.05) is 24.3 Å². The van der Waals surface area contributed by atoms with Gasteiger partial charge in [-0.3, -0.25) is 0 Å². The largest absolute Gasteiger partial charge is 0.497 e. The van der Waals surface area contributed by atoms with Crippen molar-refractivity contribution >= 4 is 6.03 Å². The molecule has 1 aliphatic rings. The van der Waals surface area contributed by atoms with E-state index >= 15 is 0 Å². The molecule has 1 aromatic rings. The molecule has 1 fully saturated rings. The Morgan fingerprint density at radius 2 is 2.14 bits per heavy atom. The van der Waals surface area contributed by atoms with E-state index in [4.69, 9.17) is 9.47 Å². The minimum absolute atomic E-state index is 0.0932. The van der Waals surface area contributed by atoms with Crippen LogP contribution in [0.2, 0.25) is 0 Å². The minimum atomic E-state index is -0.0932. The van der Waals surface area contributed by atoms with Crippen molar-refractivity contribution < 1.29 is 14.3 Å². The predicted molar refractivity (Wildman–Crippen MR) is 81.6 cm³/mol. The van der Waals surface area contributed by atoms with E-state index in [0.29, 0.717) is 12.5 Å². The first-order valence-corrected chi connectivity index (χ1v) is 7.50. The molecule has 2 rings (SSSR count). The van der Waals surface area contributed by atoms with Gasteiger partial charge in [0.25, 0.3) is 0 Å². The number of hydrogen-bond donors (Lipinski definition) is 2. The molecule has 0 atom stereocenters. The average molecular weight is 292 g/mol. The minimum Gasteiger partial charge on any atom is -0.497 e. The Bertz CT molecular complexity index is 445. The van der Waals surface area contributed by atoms with Crippen LogP contribution in [0.1, 0.15) is 18.4 Å². The lowest BCUT2D eigenvalue weighted by atomic mass is 10.0. The third kappa shape index (κ3) is 5.63. The van der Waals surface area contributed by atoms with Gasteiger partial charge in [-0.05, 0) is 42.9 Å². The topological polar surface area (TPSA) is 59.6 Å². The van der Waals surface area contributed by atoms with Gasteiger partial charge in [-0.25, -0.2) is 4.79 Å². The second-order valence-electron chi connectivity index (χ2n) is 5.29. The van der Waals surface area contributed by atoms with Gasteiger partial charge in [0, 0.05) is 26.3 Å². The number of rotatable bonds is 6. The normalized spacial score (nSPS) is 15.5. The van der Waals surface area contributed by atoms with Gasteiger partial charge in [-0.15, -0.1) is 0 Å². The number of amides is 2. The fourth-order valence-corrected chi connectivity index (χ4v) is 2.40. The average Bonchev–Trinajstić information content (AvgIpc) is 2.54. The van der Waals surface area contributed by atoms with Crippen molar-refractivity contribution in [1.29, 1.82) is 0 Å². The SMILES string of the molecule is COc1cccc(CCNC(=O)NCC2CCOCC2)c1. The molecule has 2 amide bonds. The molecule has 5 nitrogen and oxygen atoms in total. The number of hydrogen-bond acceptors (Lipinski definition) is 3. The van der Waals surface area contributed by atoms with E-state index in [0.717, 1.165) is 50.3 Å². The highest BCUT2D eigenvalue weighted by Gasteiger charge is 2.14. The summed E-state index contributed by atoms with van der Waals surface area (Å²) in [5, 5.41) is 5.82. The van der Waals surface area contributed by atoms with Crippen LogP contribution in [0, 0.1) is 5.92 Å². The third-order valence-corrected chi connectivity index (χ3v) is 3.73. The van der Waals surface area contributed by atoms with Crippen LogP contribution in [-0.4, -0.2) is 39.4 Å². The van der Waals surface area contributed by atoms with Gasteiger partial charge in [0.1, 0.15) is 5.75 Å². The number of carbonyl (C=O) groups is 1. The number of benzene rings is 1. The maximum absolute atomic E-state index is 11.7. The third-order valence-electron chi connectivity index (χ3n) is 3.73. The van der Waals surface area contributed by atoms with Crippen molar-refractivity contribution in [3.63, 3.8) is 0 Å². The maximum atomic E-state index is 11.7. The summed E-state index contributed by atoms with van der Waals surface area (Å²) in [6, 6.07) is 7.80. The summed E-state index contributed by atoms with van der Waals surface area (Å²) >= 11 is 0. The Kier molecular flexibility index (Phi) is 6.34. The molecule has 1 saturated heterocycles. The highest BCUT2D eigenvalue weighted by Crippen LogP contribution is 2.13. The Morgan fingerprint density at radius 3 is 2.90 bits per heavy atom. The molecule has 0 aliphatic carbocycles. The quantitative estimate of drug-likeness (QED) is 0.842. The number of urea groups is 1. The van der Waals surface area contributed by atoms with Gasteiger partial charge >= 0.3 is 6.03 Å². The van der Waals surface area contributed by atoms with Gasteiger partial charge in [-0.1, -0.05) is 12.1 Å². The standard InChI is InChI=1S/C16H24N2O3/c1-20-15-4-2-3-13(11-15)5-8-17-16(19)18-12-14-6-9-21-10-7-14/h2-4,11,14H,5-10,12H2,1H3,(H2,17,18,19). The van der Waals surface area contributed by atoms with Crippen LogP contribution in [0.25, 0.3) is 0 Å². The molecule has 0 radical (unpaired) electrons. The number of ether oxygens (including phenoxy) is 2. The first kappa shape index (κ1) is 15.6. The Labute approximate surface area is 126 Å². The highest BCUT2D eigenvalue weighted by molar-refractivity contribution is 5.73. The van der Waals surface area contributed by atoms with E-state index in [1.54, 1.807) is 7.11 Å². The molecule has 5 heteroatoms. The molecular weight excluding hydrogens is 268 g/mol. The fraction of sp³-hybridized carbons (Fsp3) is 0.562. The smallest absolute Gasteiger partial charge is 0.314 e. The van der Waals surface area contributed by atoms with Crippen LogP contribution in [0.5, 0.6) is 5.75 Å².